The Labute approximate surface area is 144 Å². The summed E-state index contributed by atoms with van der Waals surface area (Å²) in [7, 11) is 4.43. The van der Waals surface area contributed by atoms with Crippen LogP contribution < -0.4 is 10.2 Å². The maximum absolute atomic E-state index is 4.87. The summed E-state index contributed by atoms with van der Waals surface area (Å²) in [6.45, 7) is 4.51. The van der Waals surface area contributed by atoms with Gasteiger partial charge in [-0.05, 0) is 58.8 Å². The molecule has 0 unspecified atom stereocenters. The lowest BCUT2D eigenvalue weighted by Gasteiger charge is -2.36. The third-order valence-electron chi connectivity index (χ3n) is 5.53. The summed E-state index contributed by atoms with van der Waals surface area (Å²) in [5, 5.41) is 6.22. The average Bonchev–Trinajstić information content (AvgIpc) is 3.39. The number of nitrogens with zero attached hydrogens (tertiary/aromatic N) is 3. The number of nitrogens with one attached hydrogen (secondary N) is 1. The lowest BCUT2D eigenvalue weighted by atomic mass is 10.0. The van der Waals surface area contributed by atoms with Crippen molar-refractivity contribution in [3.63, 3.8) is 0 Å². The number of likely N-dealkylation sites (tertiary alicyclic amines) is 1. The lowest BCUT2D eigenvalue weighted by molar-refractivity contribution is 0.252. The minimum atomic E-state index is 0.583. The van der Waals surface area contributed by atoms with Crippen molar-refractivity contribution in [1.82, 2.24) is 9.88 Å². The SMILES string of the molecule is Cc1ccc2c(NC3CC3)cnc(N(C)C3CCN(C)CC3)c2c1. The van der Waals surface area contributed by atoms with Crippen molar-refractivity contribution in [2.75, 3.05) is 37.4 Å². The fourth-order valence-electron chi connectivity index (χ4n) is 3.74. The topological polar surface area (TPSA) is 31.4 Å². The van der Waals surface area contributed by atoms with Gasteiger partial charge < -0.3 is 15.1 Å². The normalized spacial score (nSPS) is 19.6. The van der Waals surface area contributed by atoms with Crippen molar-refractivity contribution in [3.8, 4) is 0 Å². The van der Waals surface area contributed by atoms with E-state index in [-0.39, 0.29) is 0 Å². The molecule has 4 heteroatoms. The number of pyridine rings is 1. The molecule has 0 radical (unpaired) electrons. The van der Waals surface area contributed by atoms with E-state index in [1.165, 1.54) is 60.8 Å². The van der Waals surface area contributed by atoms with Crippen molar-refractivity contribution < 1.29 is 0 Å². The molecule has 1 saturated carbocycles. The first-order chi connectivity index (χ1) is 11.6. The molecule has 1 aromatic carbocycles. The minimum Gasteiger partial charge on any atom is -0.381 e. The van der Waals surface area contributed by atoms with E-state index >= 15 is 0 Å². The van der Waals surface area contributed by atoms with Crippen molar-refractivity contribution in [2.24, 2.45) is 0 Å². The van der Waals surface area contributed by atoms with Crippen LogP contribution in [0.4, 0.5) is 11.5 Å². The van der Waals surface area contributed by atoms with Crippen LogP contribution in [0.25, 0.3) is 10.8 Å². The summed E-state index contributed by atoms with van der Waals surface area (Å²) in [5.74, 6) is 1.13. The Bertz CT molecular complexity index is 730. The third-order valence-corrected chi connectivity index (χ3v) is 5.53. The van der Waals surface area contributed by atoms with E-state index in [1.807, 2.05) is 6.20 Å². The molecule has 4 nitrogen and oxygen atoms in total. The molecular formula is C20H28N4. The quantitative estimate of drug-likeness (QED) is 0.930. The number of benzene rings is 1. The van der Waals surface area contributed by atoms with Crippen LogP contribution in [0.5, 0.6) is 0 Å². The molecule has 2 aliphatic rings. The van der Waals surface area contributed by atoms with Crippen LogP contribution in [-0.4, -0.2) is 49.2 Å². The molecule has 1 aliphatic heterocycles. The van der Waals surface area contributed by atoms with Crippen LogP contribution in [-0.2, 0) is 0 Å². The Morgan fingerprint density at radius 1 is 1.12 bits per heavy atom. The van der Waals surface area contributed by atoms with Gasteiger partial charge in [0.25, 0.3) is 0 Å². The molecule has 1 saturated heterocycles. The first-order valence-electron chi connectivity index (χ1n) is 9.19. The Morgan fingerprint density at radius 2 is 1.88 bits per heavy atom. The zero-order valence-corrected chi connectivity index (χ0v) is 15.0. The Kier molecular flexibility index (Phi) is 4.09. The van der Waals surface area contributed by atoms with Gasteiger partial charge in [0.15, 0.2) is 0 Å². The number of piperidine rings is 1. The van der Waals surface area contributed by atoms with E-state index in [1.54, 1.807) is 0 Å². The fourth-order valence-corrected chi connectivity index (χ4v) is 3.74. The van der Waals surface area contributed by atoms with Gasteiger partial charge in [-0.1, -0.05) is 17.7 Å². The molecule has 0 amide bonds. The molecule has 24 heavy (non-hydrogen) atoms. The molecule has 128 valence electrons. The van der Waals surface area contributed by atoms with Crippen LogP contribution in [0.3, 0.4) is 0 Å². The zero-order valence-electron chi connectivity index (χ0n) is 15.0. The predicted octanol–water partition coefficient (Wildman–Crippen LogP) is 3.65. The predicted molar refractivity (Wildman–Crippen MR) is 102 cm³/mol. The average molecular weight is 324 g/mol. The van der Waals surface area contributed by atoms with Gasteiger partial charge in [0.2, 0.25) is 0 Å². The van der Waals surface area contributed by atoms with Crippen molar-refractivity contribution in [2.45, 2.75) is 44.7 Å². The zero-order chi connectivity index (χ0) is 16.7. The van der Waals surface area contributed by atoms with Crippen LogP contribution in [0.1, 0.15) is 31.2 Å². The number of anilines is 2. The standard InChI is InChI=1S/C20H28N4/c1-14-4-7-17-18(12-14)20(21-13-19(17)22-15-5-6-15)24(3)16-8-10-23(2)11-9-16/h4,7,12-13,15-16,22H,5-6,8-11H2,1-3H3. The van der Waals surface area contributed by atoms with E-state index in [4.69, 9.17) is 4.98 Å². The molecular weight excluding hydrogens is 296 g/mol. The molecule has 0 spiro atoms. The summed E-state index contributed by atoms with van der Waals surface area (Å²) in [4.78, 5) is 9.70. The van der Waals surface area contributed by atoms with Gasteiger partial charge in [0.1, 0.15) is 5.82 Å². The van der Waals surface area contributed by atoms with Crippen LogP contribution in [0.2, 0.25) is 0 Å². The highest BCUT2D eigenvalue weighted by Crippen LogP contribution is 2.35. The number of hydrogen-bond acceptors (Lipinski definition) is 4. The van der Waals surface area contributed by atoms with Gasteiger partial charge in [-0.15, -0.1) is 0 Å². The number of aromatic nitrogens is 1. The second-order valence-corrected chi connectivity index (χ2v) is 7.61. The molecule has 1 aliphatic carbocycles. The molecule has 2 fully saturated rings. The van der Waals surface area contributed by atoms with Crippen LogP contribution in [0.15, 0.2) is 24.4 Å². The van der Waals surface area contributed by atoms with Gasteiger partial charge in [0.05, 0.1) is 11.9 Å². The van der Waals surface area contributed by atoms with E-state index in [0.717, 1.165) is 5.82 Å². The lowest BCUT2D eigenvalue weighted by Crippen LogP contribution is -2.42. The molecule has 2 aromatic rings. The van der Waals surface area contributed by atoms with E-state index in [0.29, 0.717) is 12.1 Å². The second kappa shape index (κ2) is 6.25. The number of aryl methyl sites for hydroxylation is 1. The summed E-state index contributed by atoms with van der Waals surface area (Å²) < 4.78 is 0. The highest BCUT2D eigenvalue weighted by molar-refractivity contribution is 6.00. The summed E-state index contributed by atoms with van der Waals surface area (Å²) in [6, 6.07) is 7.98. The first-order valence-corrected chi connectivity index (χ1v) is 9.19. The van der Waals surface area contributed by atoms with Crippen molar-refractivity contribution >= 4 is 22.3 Å². The maximum atomic E-state index is 4.87. The Morgan fingerprint density at radius 3 is 2.58 bits per heavy atom. The molecule has 0 bridgehead atoms. The van der Waals surface area contributed by atoms with Gasteiger partial charge in [-0.2, -0.15) is 0 Å². The van der Waals surface area contributed by atoms with Crippen LogP contribution >= 0.6 is 0 Å². The van der Waals surface area contributed by atoms with E-state index in [9.17, 15) is 0 Å². The highest BCUT2D eigenvalue weighted by Gasteiger charge is 2.25. The molecule has 1 N–H and O–H groups in total. The molecule has 0 atom stereocenters. The highest BCUT2D eigenvalue weighted by atomic mass is 15.2. The van der Waals surface area contributed by atoms with E-state index in [2.05, 4.69) is 54.3 Å². The van der Waals surface area contributed by atoms with Crippen LogP contribution in [0, 0.1) is 6.92 Å². The first kappa shape index (κ1) is 15.7. The third kappa shape index (κ3) is 3.07. The number of rotatable bonds is 4. The second-order valence-electron chi connectivity index (χ2n) is 7.61. The monoisotopic (exact) mass is 324 g/mol. The summed E-state index contributed by atoms with van der Waals surface area (Å²) in [6.07, 6.45) is 7.03. The number of fused-ring (bicyclic) bond motifs is 1. The Hall–Kier alpha value is -1.81. The van der Waals surface area contributed by atoms with Gasteiger partial charge in [0, 0.05) is 29.9 Å². The number of hydrogen-bond donors (Lipinski definition) is 1. The molecule has 4 rings (SSSR count). The van der Waals surface area contributed by atoms with Crippen molar-refractivity contribution in [1.29, 1.82) is 0 Å². The largest absolute Gasteiger partial charge is 0.381 e. The smallest absolute Gasteiger partial charge is 0.136 e. The Balaban J connectivity index is 1.70. The fraction of sp³-hybridized carbons (Fsp3) is 0.550. The van der Waals surface area contributed by atoms with Gasteiger partial charge in [-0.25, -0.2) is 4.98 Å². The van der Waals surface area contributed by atoms with Gasteiger partial charge >= 0.3 is 0 Å². The van der Waals surface area contributed by atoms with Gasteiger partial charge in [-0.3, -0.25) is 0 Å². The summed E-state index contributed by atoms with van der Waals surface area (Å²) >= 11 is 0. The molecule has 2 heterocycles. The van der Waals surface area contributed by atoms with Crippen molar-refractivity contribution in [3.05, 3.63) is 30.0 Å². The van der Waals surface area contributed by atoms with E-state index < -0.39 is 0 Å². The summed E-state index contributed by atoms with van der Waals surface area (Å²) in [5.41, 5.74) is 2.49. The molecule has 1 aromatic heterocycles. The maximum Gasteiger partial charge on any atom is 0.136 e. The minimum absolute atomic E-state index is 0.583.